The molecule has 5 rings (SSSR count). The van der Waals surface area contributed by atoms with E-state index in [-0.39, 0.29) is 24.0 Å². The van der Waals surface area contributed by atoms with Crippen molar-refractivity contribution in [2.45, 2.75) is 49.2 Å². The minimum atomic E-state index is -0.706. The quantitative estimate of drug-likeness (QED) is 0.538. The van der Waals surface area contributed by atoms with Crippen LogP contribution in [0.1, 0.15) is 48.4 Å². The van der Waals surface area contributed by atoms with Gasteiger partial charge in [0.1, 0.15) is 0 Å². The minimum Gasteiger partial charge on any atom is -0.369 e. The topological polar surface area (TPSA) is 59.2 Å². The molecule has 0 aliphatic carbocycles. The van der Waals surface area contributed by atoms with Crippen LogP contribution in [0.2, 0.25) is 10.0 Å². The minimum absolute atomic E-state index is 0.0883. The summed E-state index contributed by atoms with van der Waals surface area (Å²) in [4.78, 5) is 19.7. The van der Waals surface area contributed by atoms with Crippen LogP contribution in [-0.2, 0) is 10.2 Å². The maximum atomic E-state index is 12.9. The highest BCUT2D eigenvalue weighted by Gasteiger charge is 2.54. The number of amides is 1. The van der Waals surface area contributed by atoms with Gasteiger partial charge in [0.05, 0.1) is 11.5 Å². The number of nitrogens with two attached hydrogens (primary N) is 1. The number of benzene rings is 2. The molecule has 0 radical (unpaired) electrons. The maximum absolute atomic E-state index is 12.9. The van der Waals surface area contributed by atoms with Crippen LogP contribution < -0.4 is 5.73 Å². The molecule has 0 saturated carbocycles. The van der Waals surface area contributed by atoms with E-state index in [0.29, 0.717) is 12.8 Å². The molecule has 3 aromatic rings. The van der Waals surface area contributed by atoms with Crippen molar-refractivity contribution >= 4 is 29.1 Å². The van der Waals surface area contributed by atoms with Gasteiger partial charge in [-0.2, -0.15) is 0 Å². The molecule has 3 heterocycles. The normalized spacial score (nSPS) is 25.2. The van der Waals surface area contributed by atoms with Gasteiger partial charge in [-0.1, -0.05) is 65.7 Å². The van der Waals surface area contributed by atoms with Crippen LogP contribution in [0.15, 0.2) is 73.1 Å². The van der Waals surface area contributed by atoms with Crippen LogP contribution in [0.5, 0.6) is 0 Å². The third-order valence-corrected chi connectivity index (χ3v) is 7.92. The molecule has 4 nitrogen and oxygen atoms in total. The summed E-state index contributed by atoms with van der Waals surface area (Å²) in [5, 5.41) is 1.44. The number of nitrogens with zero attached hydrogens (tertiary/aromatic N) is 2. The second kappa shape index (κ2) is 8.51. The molecule has 1 unspecified atom stereocenters. The van der Waals surface area contributed by atoms with E-state index in [2.05, 4.69) is 22.0 Å². The number of fused-ring (bicyclic) bond motifs is 2. The molecule has 2 N–H and O–H groups in total. The average Bonchev–Trinajstić information content (AvgIpc) is 3.06. The zero-order chi connectivity index (χ0) is 22.3. The first-order valence-electron chi connectivity index (χ1n) is 11.0. The van der Waals surface area contributed by atoms with Crippen molar-refractivity contribution in [1.29, 1.82) is 0 Å². The molecular formula is C26H25Cl2N3O. The second-order valence-electron chi connectivity index (χ2n) is 8.87. The number of piperidine rings is 1. The third kappa shape index (κ3) is 3.51. The van der Waals surface area contributed by atoms with Crippen molar-refractivity contribution in [3.05, 3.63) is 99.8 Å². The standard InChI is InChI=1S/C26H25Cl2N3O/c27-22-9-3-1-7-20(22)24(21-8-2-4-10-23(21)28)31-18-11-12-19(31)15-26(14-18,25(29)32)17-6-5-13-30-16-17/h1-10,13,16,18-19,24H,11-12,14-15H2,(H2,29,32)/t18-,19+,26?. The van der Waals surface area contributed by atoms with Crippen LogP contribution in [0, 0.1) is 0 Å². The van der Waals surface area contributed by atoms with Gasteiger partial charge in [-0.3, -0.25) is 14.7 Å². The van der Waals surface area contributed by atoms with Crippen molar-refractivity contribution in [2.75, 3.05) is 0 Å². The Bertz CT molecular complexity index is 1080. The largest absolute Gasteiger partial charge is 0.369 e. The Balaban J connectivity index is 1.60. The van der Waals surface area contributed by atoms with E-state index >= 15 is 0 Å². The summed E-state index contributed by atoms with van der Waals surface area (Å²) in [5.41, 5.74) is 8.33. The molecule has 2 aromatic carbocycles. The second-order valence-corrected chi connectivity index (χ2v) is 9.69. The van der Waals surface area contributed by atoms with Crippen LogP contribution in [0.3, 0.4) is 0 Å². The van der Waals surface area contributed by atoms with Gasteiger partial charge in [0.25, 0.3) is 0 Å². The van der Waals surface area contributed by atoms with Gasteiger partial charge in [-0.15, -0.1) is 0 Å². The lowest BCUT2D eigenvalue weighted by Gasteiger charge is -2.48. The molecule has 1 amide bonds. The van der Waals surface area contributed by atoms with E-state index in [0.717, 1.165) is 39.6 Å². The lowest BCUT2D eigenvalue weighted by molar-refractivity contribution is -0.127. The molecule has 164 valence electrons. The predicted molar refractivity (Wildman–Crippen MR) is 128 cm³/mol. The van der Waals surface area contributed by atoms with E-state index in [4.69, 9.17) is 28.9 Å². The van der Waals surface area contributed by atoms with E-state index in [1.807, 2.05) is 48.5 Å². The van der Waals surface area contributed by atoms with Gasteiger partial charge in [0.2, 0.25) is 5.91 Å². The molecule has 2 fully saturated rings. The Hall–Kier alpha value is -2.40. The van der Waals surface area contributed by atoms with Crippen molar-refractivity contribution in [1.82, 2.24) is 9.88 Å². The van der Waals surface area contributed by atoms with Gasteiger partial charge >= 0.3 is 0 Å². The van der Waals surface area contributed by atoms with Crippen LogP contribution in [0.4, 0.5) is 0 Å². The van der Waals surface area contributed by atoms with E-state index in [1.165, 1.54) is 0 Å². The molecule has 2 aliphatic heterocycles. The smallest absolute Gasteiger partial charge is 0.228 e. The van der Waals surface area contributed by atoms with Gasteiger partial charge in [0.15, 0.2) is 0 Å². The Morgan fingerprint density at radius 1 is 0.938 bits per heavy atom. The fourth-order valence-electron chi connectivity index (χ4n) is 5.81. The first-order chi connectivity index (χ1) is 15.5. The Morgan fingerprint density at radius 2 is 1.50 bits per heavy atom. The van der Waals surface area contributed by atoms with Crippen molar-refractivity contribution in [3.8, 4) is 0 Å². The number of rotatable bonds is 5. The summed E-state index contributed by atoms with van der Waals surface area (Å²) in [6.07, 6.45) is 6.86. The Morgan fingerprint density at radius 3 is 1.97 bits per heavy atom. The maximum Gasteiger partial charge on any atom is 0.228 e. The number of hydrogen-bond donors (Lipinski definition) is 1. The van der Waals surface area contributed by atoms with Crippen LogP contribution in [-0.4, -0.2) is 27.9 Å². The van der Waals surface area contributed by atoms with Crippen molar-refractivity contribution in [3.63, 3.8) is 0 Å². The molecule has 3 atom stereocenters. The first kappa shape index (κ1) is 21.4. The predicted octanol–water partition coefficient (Wildman–Crippen LogP) is 5.53. The number of pyridine rings is 1. The highest BCUT2D eigenvalue weighted by atomic mass is 35.5. The Labute approximate surface area is 198 Å². The monoisotopic (exact) mass is 465 g/mol. The zero-order valence-corrected chi connectivity index (χ0v) is 19.1. The Kier molecular flexibility index (Phi) is 5.70. The highest BCUT2D eigenvalue weighted by molar-refractivity contribution is 6.32. The molecule has 1 aromatic heterocycles. The molecule has 6 heteroatoms. The van der Waals surface area contributed by atoms with Gasteiger partial charge < -0.3 is 5.73 Å². The summed E-state index contributed by atoms with van der Waals surface area (Å²) in [5.74, 6) is -0.269. The van der Waals surface area contributed by atoms with Gasteiger partial charge in [-0.05, 0) is 60.6 Å². The van der Waals surface area contributed by atoms with E-state index in [9.17, 15) is 4.79 Å². The van der Waals surface area contributed by atoms with Crippen molar-refractivity contribution in [2.24, 2.45) is 5.73 Å². The first-order valence-corrected chi connectivity index (χ1v) is 11.7. The lowest BCUT2D eigenvalue weighted by Crippen LogP contribution is -2.55. The van der Waals surface area contributed by atoms with Gasteiger partial charge in [-0.25, -0.2) is 0 Å². The average molecular weight is 466 g/mol. The summed E-state index contributed by atoms with van der Waals surface area (Å²) < 4.78 is 0. The molecule has 0 spiro atoms. The van der Waals surface area contributed by atoms with E-state index < -0.39 is 5.41 Å². The number of carbonyl (C=O) groups is 1. The summed E-state index contributed by atoms with van der Waals surface area (Å²) in [7, 11) is 0. The summed E-state index contributed by atoms with van der Waals surface area (Å²) >= 11 is 13.4. The zero-order valence-electron chi connectivity index (χ0n) is 17.6. The van der Waals surface area contributed by atoms with E-state index in [1.54, 1.807) is 12.4 Å². The molecule has 2 saturated heterocycles. The molecular weight excluding hydrogens is 441 g/mol. The number of halogens is 2. The number of hydrogen-bond acceptors (Lipinski definition) is 3. The number of carbonyl (C=O) groups excluding carboxylic acids is 1. The lowest BCUT2D eigenvalue weighted by atomic mass is 9.69. The van der Waals surface area contributed by atoms with Crippen LogP contribution in [0.25, 0.3) is 0 Å². The van der Waals surface area contributed by atoms with Crippen molar-refractivity contribution < 1.29 is 4.79 Å². The molecule has 2 bridgehead atoms. The fraction of sp³-hybridized carbons (Fsp3) is 0.308. The van der Waals surface area contributed by atoms with Crippen LogP contribution >= 0.6 is 23.2 Å². The third-order valence-electron chi connectivity index (χ3n) is 7.23. The fourth-order valence-corrected chi connectivity index (χ4v) is 6.29. The molecule has 2 aliphatic rings. The number of primary amides is 1. The summed E-state index contributed by atoms with van der Waals surface area (Å²) in [6.45, 7) is 0. The summed E-state index contributed by atoms with van der Waals surface area (Å²) in [6, 6.07) is 20.1. The number of aromatic nitrogens is 1. The van der Waals surface area contributed by atoms with Gasteiger partial charge in [0, 0.05) is 34.5 Å². The SMILES string of the molecule is NC(=O)C1(c2cccnc2)C[C@H]2CC[C@@H](C1)N2C(c1ccccc1Cl)c1ccccc1Cl. The molecule has 32 heavy (non-hydrogen) atoms. The highest BCUT2D eigenvalue weighted by Crippen LogP contribution is 2.52.